The Bertz CT molecular complexity index is 1080. The second-order valence-corrected chi connectivity index (χ2v) is 11.6. The number of nitrogens with two attached hydrogens (primary N) is 1. The van der Waals surface area contributed by atoms with Crippen molar-refractivity contribution in [1.82, 2.24) is 0 Å². The number of rotatable bonds is 18. The lowest BCUT2D eigenvalue weighted by Crippen LogP contribution is -2.08. The van der Waals surface area contributed by atoms with Gasteiger partial charge in [-0.3, -0.25) is 15.0 Å². The van der Waals surface area contributed by atoms with Crippen molar-refractivity contribution in [3.8, 4) is 0 Å². The number of hydrogen-bond acceptors (Lipinski definition) is 6. The molecule has 0 aromatic heterocycles. The molecule has 0 fully saturated rings. The van der Waals surface area contributed by atoms with Gasteiger partial charge in [-0.05, 0) is 74.4 Å². The summed E-state index contributed by atoms with van der Waals surface area (Å²) in [5, 5.41) is 14.6. The Hall–Kier alpha value is -3.13. The highest BCUT2D eigenvalue weighted by molar-refractivity contribution is 7.91. The number of hydrogen-bond donors (Lipinski definition) is 3. The van der Waals surface area contributed by atoms with E-state index in [1.54, 1.807) is 31.2 Å². The molecule has 2 aromatic carbocycles. The van der Waals surface area contributed by atoms with E-state index in [1.165, 1.54) is 24.3 Å². The number of sulfone groups is 1. The van der Waals surface area contributed by atoms with E-state index in [9.17, 15) is 18.0 Å². The molecule has 0 spiro atoms. The maximum Gasteiger partial charge on any atom is 0.206 e. The smallest absolute Gasteiger partial charge is 0.206 e. The maximum atomic E-state index is 13.0. The minimum absolute atomic E-state index is 0.102. The van der Waals surface area contributed by atoms with Crippen LogP contribution in [-0.4, -0.2) is 31.5 Å². The van der Waals surface area contributed by atoms with Gasteiger partial charge in [-0.25, -0.2) is 8.42 Å². The van der Waals surface area contributed by atoms with E-state index in [0.29, 0.717) is 25.0 Å². The summed E-state index contributed by atoms with van der Waals surface area (Å²) in [5.41, 5.74) is 7.55. The van der Waals surface area contributed by atoms with E-state index in [0.717, 1.165) is 56.1 Å². The van der Waals surface area contributed by atoms with Crippen LogP contribution in [0.2, 0.25) is 0 Å². The topological polar surface area (TPSA) is 142 Å². The first-order valence-corrected chi connectivity index (χ1v) is 14.4. The molecule has 7 nitrogen and oxygen atoms in total. The van der Waals surface area contributed by atoms with Crippen LogP contribution in [0.15, 0.2) is 58.3 Å². The zero-order chi connectivity index (χ0) is 27.3. The lowest BCUT2D eigenvalue weighted by Gasteiger charge is -2.08. The standard InChI is InChI=1S/C29H39N3O4S/c1-22(30)8-4-2-5-9-25(33)20-23-12-16-27(17-13-23)37(35,36)28-18-14-24(15-19-28)21-26(34)10-6-3-7-11-29(31)32/h12-19,30H,2-11,20-21H2,1H3,(H3,31,32). The molecule has 0 saturated heterocycles. The molecule has 0 aliphatic rings. The maximum absolute atomic E-state index is 13.0. The van der Waals surface area contributed by atoms with Crippen LogP contribution in [0.1, 0.15) is 82.3 Å². The Balaban J connectivity index is 1.85. The van der Waals surface area contributed by atoms with Crippen molar-refractivity contribution in [2.45, 2.75) is 93.8 Å². The summed E-state index contributed by atoms with van der Waals surface area (Å²) in [5.74, 6) is 0.397. The number of amidine groups is 1. The van der Waals surface area contributed by atoms with Gasteiger partial charge in [0.25, 0.3) is 0 Å². The second-order valence-electron chi connectivity index (χ2n) is 9.65. The second kappa shape index (κ2) is 15.2. The first kappa shape index (κ1) is 30.1. The van der Waals surface area contributed by atoms with E-state index in [-0.39, 0.29) is 40.0 Å². The molecule has 2 aromatic rings. The first-order valence-electron chi connectivity index (χ1n) is 12.9. The van der Waals surface area contributed by atoms with Crippen LogP contribution in [0, 0.1) is 10.8 Å². The molecule has 37 heavy (non-hydrogen) atoms. The van der Waals surface area contributed by atoms with Crippen molar-refractivity contribution in [2.75, 3.05) is 0 Å². The third-order valence-electron chi connectivity index (χ3n) is 6.18. The zero-order valence-electron chi connectivity index (χ0n) is 21.7. The number of Topliss-reactive ketones (excluding diaryl/α,β-unsaturated/α-hetero) is 2. The average Bonchev–Trinajstić information content (AvgIpc) is 2.84. The van der Waals surface area contributed by atoms with E-state index >= 15 is 0 Å². The van der Waals surface area contributed by atoms with E-state index in [2.05, 4.69) is 0 Å². The Morgan fingerprint density at radius 1 is 0.649 bits per heavy atom. The predicted octanol–water partition coefficient (Wildman–Crippen LogP) is 5.62. The molecule has 0 amide bonds. The quantitative estimate of drug-likeness (QED) is 0.132. The van der Waals surface area contributed by atoms with Crippen LogP contribution in [0.5, 0.6) is 0 Å². The summed E-state index contributed by atoms with van der Waals surface area (Å²) >= 11 is 0. The van der Waals surface area contributed by atoms with Crippen LogP contribution in [0.3, 0.4) is 0 Å². The number of nitrogens with one attached hydrogen (secondary N) is 2. The van der Waals surface area contributed by atoms with Crippen molar-refractivity contribution in [1.29, 1.82) is 10.8 Å². The Kier molecular flexibility index (Phi) is 12.4. The monoisotopic (exact) mass is 525 g/mol. The van der Waals surface area contributed by atoms with Gasteiger partial charge in [-0.2, -0.15) is 0 Å². The van der Waals surface area contributed by atoms with Crippen molar-refractivity contribution in [3.63, 3.8) is 0 Å². The molecule has 0 atom stereocenters. The molecule has 0 saturated carbocycles. The molecule has 0 radical (unpaired) electrons. The van der Waals surface area contributed by atoms with Gasteiger partial charge < -0.3 is 11.1 Å². The summed E-state index contributed by atoms with van der Waals surface area (Å²) < 4.78 is 26.1. The molecular weight excluding hydrogens is 486 g/mol. The van der Waals surface area contributed by atoms with Crippen molar-refractivity contribution in [3.05, 3.63) is 59.7 Å². The number of benzene rings is 2. The summed E-state index contributed by atoms with van der Waals surface area (Å²) in [6.45, 7) is 1.79. The SMILES string of the molecule is CC(=N)CCCCCC(=O)Cc1ccc(S(=O)(=O)c2ccc(CC(=O)CCCCCC(=N)N)cc2)cc1. The third kappa shape index (κ3) is 11.2. The van der Waals surface area contributed by atoms with Crippen LogP contribution >= 0.6 is 0 Å². The molecule has 8 heteroatoms. The predicted molar refractivity (Wildman–Crippen MR) is 147 cm³/mol. The fourth-order valence-electron chi connectivity index (χ4n) is 4.04. The highest BCUT2D eigenvalue weighted by Crippen LogP contribution is 2.22. The summed E-state index contributed by atoms with van der Waals surface area (Å²) in [6.07, 6.45) is 7.88. The van der Waals surface area contributed by atoms with Crippen LogP contribution in [0.4, 0.5) is 0 Å². The normalized spacial score (nSPS) is 11.3. The minimum Gasteiger partial charge on any atom is -0.388 e. The van der Waals surface area contributed by atoms with Gasteiger partial charge >= 0.3 is 0 Å². The molecule has 0 heterocycles. The Morgan fingerprint density at radius 3 is 1.41 bits per heavy atom. The number of carbonyl (C=O) groups excluding carboxylic acids is 2. The van der Waals surface area contributed by atoms with Gasteiger partial charge in [0.05, 0.1) is 15.6 Å². The van der Waals surface area contributed by atoms with Crippen LogP contribution in [-0.2, 0) is 32.3 Å². The summed E-state index contributed by atoms with van der Waals surface area (Å²) in [4.78, 5) is 24.8. The first-order chi connectivity index (χ1) is 17.6. The molecule has 4 N–H and O–H groups in total. The zero-order valence-corrected chi connectivity index (χ0v) is 22.5. The lowest BCUT2D eigenvalue weighted by atomic mass is 10.0. The Morgan fingerprint density at radius 2 is 1.03 bits per heavy atom. The highest BCUT2D eigenvalue weighted by Gasteiger charge is 2.18. The molecule has 0 aliphatic carbocycles. The van der Waals surface area contributed by atoms with Crippen LogP contribution < -0.4 is 5.73 Å². The largest absolute Gasteiger partial charge is 0.388 e. The third-order valence-corrected chi connectivity index (χ3v) is 7.96. The van der Waals surface area contributed by atoms with Gasteiger partial charge in [-0.15, -0.1) is 0 Å². The van der Waals surface area contributed by atoms with E-state index < -0.39 is 9.84 Å². The van der Waals surface area contributed by atoms with Gasteiger partial charge in [0.2, 0.25) is 9.84 Å². The highest BCUT2D eigenvalue weighted by atomic mass is 32.2. The molecule has 0 unspecified atom stereocenters. The number of unbranched alkanes of at least 4 members (excludes halogenated alkanes) is 4. The van der Waals surface area contributed by atoms with E-state index in [1.807, 2.05) is 0 Å². The van der Waals surface area contributed by atoms with Crippen LogP contribution in [0.25, 0.3) is 0 Å². The molecule has 200 valence electrons. The number of carbonyl (C=O) groups is 2. The number of ketones is 2. The minimum atomic E-state index is -3.70. The summed E-state index contributed by atoms with van der Waals surface area (Å²) in [7, 11) is -3.70. The molecule has 0 aliphatic heterocycles. The molecular formula is C29H39N3O4S. The molecule has 2 rings (SSSR count). The fraction of sp³-hybridized carbons (Fsp3) is 0.448. The van der Waals surface area contributed by atoms with Gasteiger partial charge in [0.15, 0.2) is 0 Å². The van der Waals surface area contributed by atoms with Gasteiger partial charge in [0.1, 0.15) is 11.6 Å². The Labute approximate surface area is 220 Å². The van der Waals surface area contributed by atoms with Gasteiger partial charge in [0, 0.05) is 37.8 Å². The average molecular weight is 526 g/mol. The molecule has 0 bridgehead atoms. The van der Waals surface area contributed by atoms with Crippen molar-refractivity contribution in [2.24, 2.45) is 5.73 Å². The van der Waals surface area contributed by atoms with Crippen molar-refractivity contribution < 1.29 is 18.0 Å². The fourth-order valence-corrected chi connectivity index (χ4v) is 5.31. The lowest BCUT2D eigenvalue weighted by molar-refractivity contribution is -0.119. The summed E-state index contributed by atoms with van der Waals surface area (Å²) in [6, 6.07) is 12.9. The van der Waals surface area contributed by atoms with Gasteiger partial charge in [-0.1, -0.05) is 37.1 Å². The van der Waals surface area contributed by atoms with Crippen molar-refractivity contribution >= 4 is 33.0 Å². The van der Waals surface area contributed by atoms with E-state index in [4.69, 9.17) is 16.6 Å².